The van der Waals surface area contributed by atoms with E-state index in [0.29, 0.717) is 22.6 Å². The average molecular weight is 291 g/mol. The fourth-order valence-electron chi connectivity index (χ4n) is 2.52. The van der Waals surface area contributed by atoms with Crippen LogP contribution in [-0.2, 0) is 6.54 Å². The highest BCUT2D eigenvalue weighted by atomic mass is 32.1. The summed E-state index contributed by atoms with van der Waals surface area (Å²) in [5.74, 6) is 0.442. The molecule has 0 bridgehead atoms. The molecule has 1 N–H and O–H groups in total. The predicted octanol–water partition coefficient (Wildman–Crippen LogP) is 2.65. The smallest absolute Gasteiger partial charge is 0.262 e. The van der Waals surface area contributed by atoms with Gasteiger partial charge in [0.25, 0.3) is 5.56 Å². The first-order valence-corrected chi connectivity index (χ1v) is 7.21. The molecule has 20 heavy (non-hydrogen) atoms. The van der Waals surface area contributed by atoms with Gasteiger partial charge in [0.15, 0.2) is 4.77 Å². The molecule has 108 valence electrons. The molecule has 0 radical (unpaired) electrons. The zero-order chi connectivity index (χ0) is 14.9. The number of rotatable bonds is 4. The van der Waals surface area contributed by atoms with Crippen LogP contribution in [0.3, 0.4) is 0 Å². The minimum absolute atomic E-state index is 0.0168. The highest BCUT2D eigenvalue weighted by Crippen LogP contribution is 2.11. The summed E-state index contributed by atoms with van der Waals surface area (Å²) in [5.41, 5.74) is 0.779. The van der Waals surface area contributed by atoms with Crippen molar-refractivity contribution < 1.29 is 0 Å². The van der Waals surface area contributed by atoms with Gasteiger partial charge in [-0.2, -0.15) is 0 Å². The Morgan fingerprint density at radius 3 is 2.55 bits per heavy atom. The third-order valence-electron chi connectivity index (χ3n) is 3.69. The zero-order valence-corrected chi connectivity index (χ0v) is 13.2. The maximum atomic E-state index is 12.6. The second-order valence-electron chi connectivity index (χ2n) is 5.67. The Bertz CT molecular complexity index is 707. The van der Waals surface area contributed by atoms with Crippen LogP contribution >= 0.6 is 12.2 Å². The number of para-hydroxylation sites is 1. The van der Waals surface area contributed by atoms with E-state index in [-0.39, 0.29) is 11.6 Å². The van der Waals surface area contributed by atoms with Crippen molar-refractivity contribution in [1.29, 1.82) is 0 Å². The third-order valence-corrected chi connectivity index (χ3v) is 4.01. The summed E-state index contributed by atoms with van der Waals surface area (Å²) >= 11 is 5.35. The van der Waals surface area contributed by atoms with Crippen molar-refractivity contribution in [2.45, 2.75) is 26.4 Å². The highest BCUT2D eigenvalue weighted by molar-refractivity contribution is 7.71. The van der Waals surface area contributed by atoms with Gasteiger partial charge >= 0.3 is 0 Å². The molecule has 2 aromatic rings. The van der Waals surface area contributed by atoms with Gasteiger partial charge in [-0.15, -0.1) is 0 Å². The van der Waals surface area contributed by atoms with E-state index in [1.54, 1.807) is 4.57 Å². The Hall–Kier alpha value is -1.46. The Kier molecular flexibility index (Phi) is 4.40. The lowest BCUT2D eigenvalue weighted by molar-refractivity contribution is 0.204. The van der Waals surface area contributed by atoms with Crippen molar-refractivity contribution in [1.82, 2.24) is 14.5 Å². The van der Waals surface area contributed by atoms with Crippen LogP contribution < -0.4 is 5.56 Å². The van der Waals surface area contributed by atoms with Crippen molar-refractivity contribution in [2.24, 2.45) is 5.92 Å². The van der Waals surface area contributed by atoms with Crippen LogP contribution in [0.25, 0.3) is 10.9 Å². The molecule has 1 heterocycles. The van der Waals surface area contributed by atoms with Crippen molar-refractivity contribution in [2.75, 3.05) is 14.1 Å². The van der Waals surface area contributed by atoms with Gasteiger partial charge in [0.05, 0.1) is 10.9 Å². The number of benzene rings is 1. The summed E-state index contributed by atoms with van der Waals surface area (Å²) in [5, 5.41) is 0.683. The fraction of sp³-hybridized carbons (Fsp3) is 0.467. The molecule has 0 spiro atoms. The Morgan fingerprint density at radius 1 is 1.30 bits per heavy atom. The highest BCUT2D eigenvalue weighted by Gasteiger charge is 2.18. The summed E-state index contributed by atoms with van der Waals surface area (Å²) in [7, 11) is 4.06. The molecular weight excluding hydrogens is 270 g/mol. The number of fused-ring (bicyclic) bond motifs is 1. The van der Waals surface area contributed by atoms with E-state index >= 15 is 0 Å². The molecule has 5 heteroatoms. The van der Waals surface area contributed by atoms with Crippen LogP contribution in [0.2, 0.25) is 0 Å². The van der Waals surface area contributed by atoms with Crippen LogP contribution in [0.4, 0.5) is 0 Å². The molecule has 4 nitrogen and oxygen atoms in total. The van der Waals surface area contributed by atoms with Crippen LogP contribution in [-0.4, -0.2) is 34.6 Å². The lowest BCUT2D eigenvalue weighted by atomic mass is 10.0. The minimum atomic E-state index is -0.0168. The molecule has 1 aromatic carbocycles. The molecule has 0 aliphatic heterocycles. The first kappa shape index (κ1) is 14.9. The number of nitrogens with one attached hydrogen (secondary N) is 1. The van der Waals surface area contributed by atoms with E-state index in [2.05, 4.69) is 23.7 Å². The summed E-state index contributed by atoms with van der Waals surface area (Å²) in [4.78, 5) is 17.9. The summed E-state index contributed by atoms with van der Waals surface area (Å²) in [6.07, 6.45) is 0. The lowest BCUT2D eigenvalue weighted by Crippen LogP contribution is -2.39. The Balaban J connectivity index is 2.55. The molecular formula is C15H21N3OS. The number of aromatic amines is 1. The van der Waals surface area contributed by atoms with Gasteiger partial charge in [0.2, 0.25) is 0 Å². The standard InChI is InChI=1S/C15H21N3OS/c1-10(2)13(17(3)4)9-18-14(19)11-7-5-6-8-12(11)16-15(18)20/h5-8,10,13H,9H2,1-4H3,(H,16,20)/t13-/m1/s1. The molecule has 0 unspecified atom stereocenters. The van der Waals surface area contributed by atoms with Gasteiger partial charge in [-0.3, -0.25) is 9.36 Å². The monoisotopic (exact) mass is 291 g/mol. The van der Waals surface area contributed by atoms with Crippen LogP contribution in [0.1, 0.15) is 13.8 Å². The SMILES string of the molecule is CC(C)[C@@H](Cn1c(=S)[nH]c2ccccc2c1=O)N(C)C. The topological polar surface area (TPSA) is 41.0 Å². The molecule has 0 saturated carbocycles. The Morgan fingerprint density at radius 2 is 1.95 bits per heavy atom. The summed E-state index contributed by atoms with van der Waals surface area (Å²) in [6.45, 7) is 4.91. The maximum Gasteiger partial charge on any atom is 0.262 e. The summed E-state index contributed by atoms with van der Waals surface area (Å²) < 4.78 is 2.16. The van der Waals surface area contributed by atoms with Gasteiger partial charge in [0, 0.05) is 12.6 Å². The number of nitrogens with zero attached hydrogens (tertiary/aromatic N) is 2. The third kappa shape index (κ3) is 2.83. The summed E-state index contributed by atoms with van der Waals surface area (Å²) in [6, 6.07) is 7.75. The van der Waals surface area contributed by atoms with E-state index in [0.717, 1.165) is 5.52 Å². The predicted molar refractivity (Wildman–Crippen MR) is 85.7 cm³/mol. The van der Waals surface area contributed by atoms with Gasteiger partial charge < -0.3 is 9.88 Å². The molecule has 2 rings (SSSR count). The van der Waals surface area contributed by atoms with Crippen molar-refractivity contribution in [3.63, 3.8) is 0 Å². The molecule has 0 aliphatic carbocycles. The van der Waals surface area contributed by atoms with Gasteiger partial charge in [0.1, 0.15) is 0 Å². The molecule has 0 aliphatic rings. The minimum Gasteiger partial charge on any atom is -0.332 e. The number of hydrogen-bond donors (Lipinski definition) is 1. The Labute approximate surface area is 124 Å². The first-order chi connectivity index (χ1) is 9.41. The van der Waals surface area contributed by atoms with E-state index in [4.69, 9.17) is 12.2 Å². The fourth-order valence-corrected chi connectivity index (χ4v) is 2.79. The lowest BCUT2D eigenvalue weighted by Gasteiger charge is -2.28. The first-order valence-electron chi connectivity index (χ1n) is 6.80. The molecule has 1 atom stereocenters. The quantitative estimate of drug-likeness (QED) is 0.881. The molecule has 0 fully saturated rings. The van der Waals surface area contributed by atoms with Crippen molar-refractivity contribution in [3.05, 3.63) is 39.4 Å². The van der Waals surface area contributed by atoms with Crippen LogP contribution in [0.15, 0.2) is 29.1 Å². The molecule has 1 aromatic heterocycles. The zero-order valence-electron chi connectivity index (χ0n) is 12.4. The number of aromatic nitrogens is 2. The van der Waals surface area contributed by atoms with Gasteiger partial charge in [-0.25, -0.2) is 0 Å². The van der Waals surface area contributed by atoms with Gasteiger partial charge in [-0.05, 0) is 44.4 Å². The van der Waals surface area contributed by atoms with Gasteiger partial charge in [-0.1, -0.05) is 26.0 Å². The van der Waals surface area contributed by atoms with Crippen LogP contribution in [0.5, 0.6) is 0 Å². The van der Waals surface area contributed by atoms with E-state index in [1.807, 2.05) is 38.4 Å². The van der Waals surface area contributed by atoms with Crippen molar-refractivity contribution >= 4 is 23.1 Å². The second kappa shape index (κ2) is 5.89. The normalized spacial score (nSPS) is 13.3. The molecule has 0 saturated heterocycles. The largest absolute Gasteiger partial charge is 0.332 e. The maximum absolute atomic E-state index is 12.6. The molecule has 0 amide bonds. The van der Waals surface area contributed by atoms with E-state index in [1.165, 1.54) is 0 Å². The average Bonchev–Trinajstić information content (AvgIpc) is 2.37. The van der Waals surface area contributed by atoms with Crippen molar-refractivity contribution in [3.8, 4) is 0 Å². The number of hydrogen-bond acceptors (Lipinski definition) is 3. The second-order valence-corrected chi connectivity index (χ2v) is 6.05. The van der Waals surface area contributed by atoms with E-state index in [9.17, 15) is 4.79 Å². The van der Waals surface area contributed by atoms with Crippen LogP contribution in [0, 0.1) is 10.7 Å². The number of likely N-dealkylation sites (N-methyl/N-ethyl adjacent to an activating group) is 1. The van der Waals surface area contributed by atoms with E-state index < -0.39 is 0 Å². The number of H-pyrrole nitrogens is 1.